The number of oxime groups is 1. The van der Waals surface area contributed by atoms with E-state index in [1.807, 2.05) is 13.8 Å². The summed E-state index contributed by atoms with van der Waals surface area (Å²) in [6.45, 7) is 5.68. The Morgan fingerprint density at radius 1 is 1.03 bits per heavy atom. The van der Waals surface area contributed by atoms with Crippen molar-refractivity contribution in [2.45, 2.75) is 72.1 Å². The Morgan fingerprint density at radius 2 is 1.68 bits per heavy atom. The molecule has 1 aliphatic carbocycles. The lowest BCUT2D eigenvalue weighted by atomic mass is 9.72. The van der Waals surface area contributed by atoms with Crippen molar-refractivity contribution in [1.29, 1.82) is 0 Å². The lowest BCUT2D eigenvalue weighted by Crippen LogP contribution is -2.40. The average molecular weight is 442 g/mol. The molecule has 0 aromatic carbocycles. The van der Waals surface area contributed by atoms with Gasteiger partial charge in [0.1, 0.15) is 5.71 Å². The fourth-order valence-electron chi connectivity index (χ4n) is 4.00. The molecule has 176 valence electrons. The minimum Gasteiger partial charge on any atom is -0.481 e. The molecule has 0 saturated heterocycles. The molecule has 10 nitrogen and oxygen atoms in total. The third-order valence-electron chi connectivity index (χ3n) is 5.46. The fourth-order valence-corrected chi connectivity index (χ4v) is 4.00. The topological polar surface area (TPSA) is 154 Å². The van der Waals surface area contributed by atoms with E-state index in [1.54, 1.807) is 0 Å². The van der Waals surface area contributed by atoms with Gasteiger partial charge in [-0.25, -0.2) is 4.79 Å². The van der Waals surface area contributed by atoms with Crippen molar-refractivity contribution in [3.8, 4) is 0 Å². The molecule has 31 heavy (non-hydrogen) atoms. The van der Waals surface area contributed by atoms with Gasteiger partial charge in [-0.05, 0) is 43.4 Å². The highest BCUT2D eigenvalue weighted by molar-refractivity contribution is 6.37. The highest BCUT2D eigenvalue weighted by atomic mass is 16.7. The van der Waals surface area contributed by atoms with Crippen LogP contribution < -0.4 is 10.6 Å². The number of hydrogen-bond acceptors (Lipinski definition) is 6. The summed E-state index contributed by atoms with van der Waals surface area (Å²) in [5.74, 6) is -2.30. The predicted molar refractivity (Wildman–Crippen MR) is 114 cm³/mol. The number of nitrogens with zero attached hydrogens (tertiary/aromatic N) is 1. The minimum atomic E-state index is -0.927. The molecule has 0 aliphatic heterocycles. The summed E-state index contributed by atoms with van der Waals surface area (Å²) >= 11 is 0. The van der Waals surface area contributed by atoms with Crippen LogP contribution >= 0.6 is 0 Å². The van der Waals surface area contributed by atoms with Crippen LogP contribution in [0.1, 0.15) is 72.1 Å². The number of aliphatic carboxylic acids is 2. The molecule has 1 fully saturated rings. The van der Waals surface area contributed by atoms with Gasteiger partial charge in [-0.3, -0.25) is 19.2 Å². The van der Waals surface area contributed by atoms with E-state index in [2.05, 4.69) is 15.8 Å². The van der Waals surface area contributed by atoms with Crippen molar-refractivity contribution < 1.29 is 34.2 Å². The second-order valence-corrected chi connectivity index (χ2v) is 8.84. The van der Waals surface area contributed by atoms with Crippen LogP contribution in [0.3, 0.4) is 0 Å². The molecule has 2 amide bonds. The third-order valence-corrected chi connectivity index (χ3v) is 5.46. The van der Waals surface area contributed by atoms with Crippen molar-refractivity contribution >= 4 is 29.7 Å². The molecule has 1 atom stereocenters. The van der Waals surface area contributed by atoms with E-state index >= 15 is 0 Å². The molecule has 1 aliphatic rings. The van der Waals surface area contributed by atoms with Crippen molar-refractivity contribution in [3.63, 3.8) is 0 Å². The summed E-state index contributed by atoms with van der Waals surface area (Å²) in [4.78, 5) is 51.0. The van der Waals surface area contributed by atoms with E-state index in [9.17, 15) is 24.3 Å². The third kappa shape index (κ3) is 10.8. The number of carbonyl (C=O) groups is 4. The lowest BCUT2D eigenvalue weighted by molar-refractivity contribution is -0.140. The summed E-state index contributed by atoms with van der Waals surface area (Å²) in [5.41, 5.74) is -0.568. The van der Waals surface area contributed by atoms with Crippen LogP contribution in [0, 0.1) is 17.3 Å². The van der Waals surface area contributed by atoms with E-state index in [-0.39, 0.29) is 43.5 Å². The summed E-state index contributed by atoms with van der Waals surface area (Å²) in [5, 5.41) is 26.9. The Labute approximate surface area is 182 Å². The molecule has 10 heteroatoms. The number of rotatable bonds is 12. The summed E-state index contributed by atoms with van der Waals surface area (Å²) in [6.07, 6.45) is 4.05. The predicted octanol–water partition coefficient (Wildman–Crippen LogP) is 2.77. The zero-order chi connectivity index (χ0) is 23.4. The summed E-state index contributed by atoms with van der Waals surface area (Å²) < 4.78 is 0. The van der Waals surface area contributed by atoms with Crippen LogP contribution in [0.25, 0.3) is 0 Å². The van der Waals surface area contributed by atoms with E-state index in [0.717, 1.165) is 32.1 Å². The normalized spacial score (nSPS) is 17.0. The lowest BCUT2D eigenvalue weighted by Gasteiger charge is -2.35. The molecule has 1 saturated carbocycles. The van der Waals surface area contributed by atoms with Gasteiger partial charge in [-0.2, -0.15) is 0 Å². The molecule has 0 spiro atoms. The van der Waals surface area contributed by atoms with Gasteiger partial charge in [0.25, 0.3) is 5.91 Å². The minimum absolute atomic E-state index is 0.0220. The quantitative estimate of drug-likeness (QED) is 0.206. The van der Waals surface area contributed by atoms with Gasteiger partial charge in [0.15, 0.2) is 0 Å². The molecule has 0 radical (unpaired) electrons. The number of amides is 2. The Morgan fingerprint density at radius 3 is 2.23 bits per heavy atom. The first kappa shape index (κ1) is 26.4. The van der Waals surface area contributed by atoms with Crippen LogP contribution in [-0.2, 0) is 19.2 Å². The van der Waals surface area contributed by atoms with Crippen LogP contribution in [-0.4, -0.2) is 53.0 Å². The van der Waals surface area contributed by atoms with Gasteiger partial charge in [-0.15, -0.1) is 0 Å². The average Bonchev–Trinajstić information content (AvgIpc) is 2.67. The van der Waals surface area contributed by atoms with Crippen molar-refractivity contribution in [1.82, 2.24) is 10.6 Å². The largest absolute Gasteiger partial charge is 0.481 e. The van der Waals surface area contributed by atoms with Gasteiger partial charge in [0.2, 0.25) is 0 Å². The zero-order valence-corrected chi connectivity index (χ0v) is 18.6. The highest BCUT2D eigenvalue weighted by Crippen LogP contribution is 2.38. The van der Waals surface area contributed by atoms with Crippen molar-refractivity contribution in [2.24, 2.45) is 22.4 Å². The van der Waals surface area contributed by atoms with E-state index < -0.39 is 29.4 Å². The van der Waals surface area contributed by atoms with Gasteiger partial charge in [0, 0.05) is 19.5 Å². The van der Waals surface area contributed by atoms with Gasteiger partial charge >= 0.3 is 18.0 Å². The van der Waals surface area contributed by atoms with Crippen molar-refractivity contribution in [3.05, 3.63) is 0 Å². The van der Waals surface area contributed by atoms with Gasteiger partial charge in [0.05, 0.1) is 6.42 Å². The maximum Gasteiger partial charge on any atom is 0.433 e. The van der Waals surface area contributed by atoms with Gasteiger partial charge in [-0.1, -0.05) is 38.3 Å². The van der Waals surface area contributed by atoms with E-state index in [4.69, 9.17) is 9.94 Å². The van der Waals surface area contributed by atoms with E-state index in [1.165, 1.54) is 6.92 Å². The number of carboxylic acids is 2. The second kappa shape index (κ2) is 12.9. The Balaban J connectivity index is 2.51. The standard InChI is InChI=1S/C21H35N3O7/c1-14(2)9-16(10-17(25)26)12-22-19(29)15(3)24-31-20(30)23-13-21(11-18(27)28)7-5-4-6-8-21/h14,16H,4-13H2,1-3H3,(H,22,29)(H,23,30)(H,25,26)(H,27,28). The maximum atomic E-state index is 12.1. The Hall–Kier alpha value is -2.65. The van der Waals surface area contributed by atoms with Crippen LogP contribution in [0.4, 0.5) is 4.79 Å². The monoisotopic (exact) mass is 441 g/mol. The van der Waals surface area contributed by atoms with Gasteiger partial charge < -0.3 is 20.8 Å². The second-order valence-electron chi connectivity index (χ2n) is 8.84. The molecule has 0 bridgehead atoms. The van der Waals surface area contributed by atoms with Crippen LogP contribution in [0.2, 0.25) is 0 Å². The maximum absolute atomic E-state index is 12.1. The first-order valence-corrected chi connectivity index (χ1v) is 10.7. The molecule has 0 aromatic heterocycles. The Kier molecular flexibility index (Phi) is 11.0. The number of carbonyl (C=O) groups excluding carboxylic acids is 2. The summed E-state index contributed by atoms with van der Waals surface area (Å²) in [7, 11) is 0. The van der Waals surface area contributed by atoms with Crippen LogP contribution in [0.15, 0.2) is 5.16 Å². The molecule has 1 rings (SSSR count). The zero-order valence-electron chi connectivity index (χ0n) is 18.6. The molecular formula is C21H35N3O7. The molecule has 1 unspecified atom stereocenters. The smallest absolute Gasteiger partial charge is 0.433 e. The molecule has 0 heterocycles. The molecule has 0 aromatic rings. The fraction of sp³-hybridized carbons (Fsp3) is 0.762. The number of nitrogens with one attached hydrogen (secondary N) is 2. The number of hydrogen-bond donors (Lipinski definition) is 4. The molecule has 4 N–H and O–H groups in total. The highest BCUT2D eigenvalue weighted by Gasteiger charge is 2.35. The molecular weight excluding hydrogens is 406 g/mol. The van der Waals surface area contributed by atoms with Crippen LogP contribution in [0.5, 0.6) is 0 Å². The number of carboxylic acid groups (broad SMARTS) is 2. The SMILES string of the molecule is CC(=NOC(=O)NCC1(CC(=O)O)CCCCC1)C(=O)NCC(CC(=O)O)CC(C)C. The van der Waals surface area contributed by atoms with Crippen molar-refractivity contribution in [2.75, 3.05) is 13.1 Å². The summed E-state index contributed by atoms with van der Waals surface area (Å²) in [6, 6.07) is 0. The first-order valence-electron chi connectivity index (χ1n) is 10.7. The first-order chi connectivity index (χ1) is 14.5. The Bertz CT molecular complexity index is 670. The van der Waals surface area contributed by atoms with E-state index in [0.29, 0.717) is 6.42 Å².